The van der Waals surface area contributed by atoms with E-state index < -0.39 is 12.0 Å². The lowest BCUT2D eigenvalue weighted by Gasteiger charge is -2.06. The fourth-order valence-electron chi connectivity index (χ4n) is 1.25. The van der Waals surface area contributed by atoms with Gasteiger partial charge in [-0.1, -0.05) is 34.8 Å². The molecular weight excluding hydrogens is 292 g/mol. The van der Waals surface area contributed by atoms with Crippen LogP contribution in [0.25, 0.3) is 11.1 Å². The molecule has 0 spiro atoms. The van der Waals surface area contributed by atoms with Crippen molar-refractivity contribution in [3.05, 3.63) is 45.4 Å². The van der Waals surface area contributed by atoms with Crippen molar-refractivity contribution in [3.8, 4) is 11.1 Å². The van der Waals surface area contributed by atoms with E-state index in [1.165, 1.54) is 12.1 Å². The van der Waals surface area contributed by atoms with Crippen molar-refractivity contribution >= 4 is 34.8 Å². The van der Waals surface area contributed by atoms with Crippen LogP contribution in [0.15, 0.2) is 18.3 Å². The van der Waals surface area contributed by atoms with Gasteiger partial charge in [-0.05, 0) is 12.1 Å². The summed E-state index contributed by atoms with van der Waals surface area (Å²) >= 11 is 17.4. The van der Waals surface area contributed by atoms with Gasteiger partial charge in [0.05, 0.1) is 20.6 Å². The Hall–Kier alpha value is -0.970. The lowest BCUT2D eigenvalue weighted by atomic mass is 10.1. The van der Waals surface area contributed by atoms with E-state index in [-0.39, 0.29) is 26.2 Å². The van der Waals surface area contributed by atoms with Gasteiger partial charge in [-0.15, -0.1) is 0 Å². The van der Waals surface area contributed by atoms with Crippen molar-refractivity contribution in [1.29, 1.82) is 0 Å². The molecule has 7 heteroatoms. The normalized spacial score (nSPS) is 10.6. The second kappa shape index (κ2) is 4.72. The van der Waals surface area contributed by atoms with E-state index in [1.54, 1.807) is 0 Å². The largest absolute Gasteiger partial charge is 0.311 e. The van der Waals surface area contributed by atoms with Gasteiger partial charge in [0.1, 0.15) is 0 Å². The van der Waals surface area contributed by atoms with Crippen molar-refractivity contribution in [2.45, 2.75) is 0 Å². The van der Waals surface area contributed by atoms with Crippen molar-refractivity contribution < 1.29 is 8.78 Å². The molecule has 0 fully saturated rings. The molecule has 88 valence electrons. The average Bonchev–Trinajstić information content (AvgIpc) is 2.24. The first-order valence-corrected chi connectivity index (χ1v) is 5.45. The summed E-state index contributed by atoms with van der Waals surface area (Å²) in [4.78, 5) is 6.22. The molecular formula is C10H3Cl3F2N2. The Labute approximate surface area is 110 Å². The van der Waals surface area contributed by atoms with Crippen LogP contribution in [-0.2, 0) is 0 Å². The third kappa shape index (κ3) is 2.49. The van der Waals surface area contributed by atoms with Gasteiger partial charge in [-0.3, -0.25) is 0 Å². The highest BCUT2D eigenvalue weighted by Gasteiger charge is 2.14. The molecule has 1 heterocycles. The molecule has 0 radical (unpaired) electrons. The molecule has 0 unspecified atom stereocenters. The number of halogens is 5. The zero-order chi connectivity index (χ0) is 12.6. The van der Waals surface area contributed by atoms with Gasteiger partial charge in [0.15, 0.2) is 0 Å². The van der Waals surface area contributed by atoms with Crippen LogP contribution in [0.5, 0.6) is 0 Å². The lowest BCUT2D eigenvalue weighted by Crippen LogP contribution is -1.96. The molecule has 0 amide bonds. The number of nitrogens with zero attached hydrogens (tertiary/aromatic N) is 2. The smallest absolute Gasteiger partial charge is 0.210 e. The van der Waals surface area contributed by atoms with Gasteiger partial charge in [0.2, 0.25) is 5.95 Å². The first-order chi connectivity index (χ1) is 7.99. The molecule has 1 aromatic heterocycles. The average molecular weight is 296 g/mol. The van der Waals surface area contributed by atoms with Crippen molar-refractivity contribution in [1.82, 2.24) is 9.97 Å². The zero-order valence-corrected chi connectivity index (χ0v) is 10.3. The Kier molecular flexibility index (Phi) is 3.47. The number of hydrogen-bond donors (Lipinski definition) is 0. The maximum atomic E-state index is 13.4. The van der Waals surface area contributed by atoms with Gasteiger partial charge >= 0.3 is 6.08 Å². The molecule has 0 N–H and O–H groups in total. The van der Waals surface area contributed by atoms with Gasteiger partial charge < -0.3 is 0 Å². The summed E-state index contributed by atoms with van der Waals surface area (Å²) in [6, 6.07) is 2.73. The Morgan fingerprint density at radius 1 is 0.882 bits per heavy atom. The third-order valence-corrected chi connectivity index (χ3v) is 3.05. The topological polar surface area (TPSA) is 25.8 Å². The first-order valence-electron chi connectivity index (χ1n) is 4.32. The summed E-state index contributed by atoms with van der Waals surface area (Å²) < 4.78 is 26.0. The van der Waals surface area contributed by atoms with E-state index in [1.807, 2.05) is 0 Å². The van der Waals surface area contributed by atoms with Crippen LogP contribution >= 0.6 is 34.8 Å². The molecule has 0 atom stereocenters. The van der Waals surface area contributed by atoms with E-state index in [2.05, 4.69) is 9.97 Å². The van der Waals surface area contributed by atoms with Crippen molar-refractivity contribution in [2.75, 3.05) is 0 Å². The number of aromatic nitrogens is 2. The molecule has 0 bridgehead atoms. The minimum absolute atomic E-state index is 0.0463. The van der Waals surface area contributed by atoms with Gasteiger partial charge in [0.25, 0.3) is 0 Å². The molecule has 0 aliphatic heterocycles. The molecule has 17 heavy (non-hydrogen) atoms. The summed E-state index contributed by atoms with van der Waals surface area (Å²) in [6.45, 7) is 0. The Balaban J connectivity index is 2.64. The number of hydrogen-bond acceptors (Lipinski definition) is 2. The Bertz CT molecular complexity index is 590. The molecule has 1 aromatic carbocycles. The summed E-state index contributed by atoms with van der Waals surface area (Å²) in [5.41, 5.74) is 0.202. The van der Waals surface area contributed by atoms with E-state index >= 15 is 0 Å². The highest BCUT2D eigenvalue weighted by molar-refractivity contribution is 6.44. The highest BCUT2D eigenvalue weighted by Crippen LogP contribution is 2.35. The molecule has 0 aliphatic rings. The SMILES string of the molecule is Fc1ncc(-c2cc(Cl)c(Cl)cc2Cl)c(F)n1. The van der Waals surface area contributed by atoms with Crippen LogP contribution < -0.4 is 0 Å². The maximum Gasteiger partial charge on any atom is 0.311 e. The lowest BCUT2D eigenvalue weighted by molar-refractivity contribution is 0.485. The summed E-state index contributed by atoms with van der Waals surface area (Å²) in [5.74, 6) is -1.02. The van der Waals surface area contributed by atoms with E-state index in [0.29, 0.717) is 0 Å². The quantitative estimate of drug-likeness (QED) is 0.443. The predicted molar refractivity (Wildman–Crippen MR) is 62.4 cm³/mol. The molecule has 2 nitrogen and oxygen atoms in total. The minimum atomic E-state index is -1.15. The summed E-state index contributed by atoms with van der Waals surface area (Å²) in [6.07, 6.45) is -0.161. The van der Waals surface area contributed by atoms with E-state index in [4.69, 9.17) is 34.8 Å². The monoisotopic (exact) mass is 294 g/mol. The third-order valence-electron chi connectivity index (χ3n) is 2.01. The molecule has 0 saturated heterocycles. The van der Waals surface area contributed by atoms with Crippen molar-refractivity contribution in [3.63, 3.8) is 0 Å². The van der Waals surface area contributed by atoms with E-state index in [0.717, 1.165) is 6.20 Å². The minimum Gasteiger partial charge on any atom is -0.210 e. The fraction of sp³-hybridized carbons (Fsp3) is 0. The molecule has 0 saturated carbocycles. The number of benzene rings is 1. The highest BCUT2D eigenvalue weighted by atomic mass is 35.5. The van der Waals surface area contributed by atoms with Gasteiger partial charge in [-0.2, -0.15) is 13.8 Å². The summed E-state index contributed by atoms with van der Waals surface area (Å²) in [7, 11) is 0. The van der Waals surface area contributed by atoms with Crippen molar-refractivity contribution in [2.24, 2.45) is 0 Å². The fourth-order valence-corrected chi connectivity index (χ4v) is 1.90. The molecule has 2 rings (SSSR count). The Morgan fingerprint density at radius 2 is 1.53 bits per heavy atom. The standard InChI is InChI=1S/C10H3Cl3F2N2/c11-6-2-8(13)7(12)1-4(6)5-3-16-10(15)17-9(5)14/h1-3H. The second-order valence-corrected chi connectivity index (χ2v) is 4.31. The molecule has 0 aliphatic carbocycles. The van der Waals surface area contributed by atoms with Crippen LogP contribution in [-0.4, -0.2) is 9.97 Å². The van der Waals surface area contributed by atoms with Crippen LogP contribution in [0.3, 0.4) is 0 Å². The van der Waals surface area contributed by atoms with Gasteiger partial charge in [0, 0.05) is 11.8 Å². The number of rotatable bonds is 1. The van der Waals surface area contributed by atoms with Crippen LogP contribution in [0.2, 0.25) is 15.1 Å². The van der Waals surface area contributed by atoms with Gasteiger partial charge in [-0.25, -0.2) is 4.98 Å². The van der Waals surface area contributed by atoms with Crippen LogP contribution in [0.4, 0.5) is 8.78 Å². The van der Waals surface area contributed by atoms with E-state index in [9.17, 15) is 8.78 Å². The molecule has 2 aromatic rings. The summed E-state index contributed by atoms with van der Waals surface area (Å²) in [5, 5.41) is 0.618. The maximum absolute atomic E-state index is 13.4. The predicted octanol–water partition coefficient (Wildman–Crippen LogP) is 4.38. The second-order valence-electron chi connectivity index (χ2n) is 3.09. The zero-order valence-electron chi connectivity index (χ0n) is 8.02. The van der Waals surface area contributed by atoms with Crippen LogP contribution in [0, 0.1) is 12.0 Å². The Morgan fingerprint density at radius 3 is 2.18 bits per heavy atom. The first kappa shape index (κ1) is 12.5. The van der Waals surface area contributed by atoms with Crippen LogP contribution in [0.1, 0.15) is 0 Å².